The smallest absolute Gasteiger partial charge is 0.377 e. The summed E-state index contributed by atoms with van der Waals surface area (Å²) in [5, 5.41) is 12.4. The van der Waals surface area contributed by atoms with Gasteiger partial charge in [0, 0.05) is 7.05 Å². The summed E-state index contributed by atoms with van der Waals surface area (Å²) in [5.74, 6) is -2.36. The molecule has 6 heteroatoms. The SMILES string of the molecule is COc1c(C(=O)C(=O)O)c(C)nn1C. The Kier molecular flexibility index (Phi) is 2.55. The number of carboxylic acid groups (broad SMARTS) is 1. The molecule has 14 heavy (non-hydrogen) atoms. The molecule has 0 aromatic carbocycles. The summed E-state index contributed by atoms with van der Waals surface area (Å²) in [6.45, 7) is 1.55. The highest BCUT2D eigenvalue weighted by molar-refractivity contribution is 6.40. The van der Waals surface area contributed by atoms with Crippen molar-refractivity contribution in [2.24, 2.45) is 7.05 Å². The number of rotatable bonds is 3. The van der Waals surface area contributed by atoms with E-state index in [1.165, 1.54) is 11.8 Å². The van der Waals surface area contributed by atoms with E-state index in [0.29, 0.717) is 5.69 Å². The fourth-order valence-corrected chi connectivity index (χ4v) is 1.24. The minimum absolute atomic E-state index is 0.00231. The van der Waals surface area contributed by atoms with Crippen LogP contribution in [0.5, 0.6) is 5.88 Å². The molecule has 0 bridgehead atoms. The largest absolute Gasteiger partial charge is 0.481 e. The molecule has 1 heterocycles. The Labute approximate surface area is 80.1 Å². The maximum absolute atomic E-state index is 11.2. The highest BCUT2D eigenvalue weighted by atomic mass is 16.5. The van der Waals surface area contributed by atoms with Gasteiger partial charge in [-0.25, -0.2) is 9.48 Å². The lowest BCUT2D eigenvalue weighted by atomic mass is 10.1. The third kappa shape index (κ3) is 1.46. The number of ether oxygens (including phenoxy) is 1. The number of ketones is 1. The van der Waals surface area contributed by atoms with Gasteiger partial charge in [-0.1, -0.05) is 0 Å². The van der Waals surface area contributed by atoms with E-state index in [0.717, 1.165) is 0 Å². The van der Waals surface area contributed by atoms with E-state index in [1.807, 2.05) is 0 Å². The van der Waals surface area contributed by atoms with Gasteiger partial charge in [-0.2, -0.15) is 5.10 Å². The van der Waals surface area contributed by atoms with Gasteiger partial charge >= 0.3 is 5.97 Å². The average molecular weight is 198 g/mol. The average Bonchev–Trinajstić information content (AvgIpc) is 2.38. The zero-order valence-electron chi connectivity index (χ0n) is 8.07. The van der Waals surface area contributed by atoms with Crippen LogP contribution in [0.25, 0.3) is 0 Å². The third-order valence-electron chi connectivity index (χ3n) is 1.78. The first-order valence-corrected chi connectivity index (χ1v) is 3.84. The Morgan fingerprint density at radius 2 is 2.07 bits per heavy atom. The molecule has 1 N–H and O–H groups in total. The van der Waals surface area contributed by atoms with E-state index in [-0.39, 0.29) is 11.4 Å². The number of aryl methyl sites for hydroxylation is 2. The number of Topliss-reactive ketones (excluding diaryl/α,β-unsaturated/α-hetero) is 1. The summed E-state index contributed by atoms with van der Waals surface area (Å²) < 4.78 is 6.21. The number of methoxy groups -OCH3 is 1. The number of aromatic nitrogens is 2. The standard InChI is InChI=1S/C8H10N2O4/c1-4-5(6(11)8(12)13)7(14-3)10(2)9-4/h1-3H3,(H,12,13). The van der Waals surface area contributed by atoms with Crippen LogP contribution in [0, 0.1) is 6.92 Å². The molecule has 0 unspecified atom stereocenters. The van der Waals surface area contributed by atoms with Crippen LogP contribution >= 0.6 is 0 Å². The number of carbonyl (C=O) groups is 2. The Bertz CT molecular complexity index is 394. The van der Waals surface area contributed by atoms with Gasteiger partial charge in [-0.05, 0) is 6.92 Å². The van der Waals surface area contributed by atoms with E-state index < -0.39 is 11.8 Å². The Hall–Kier alpha value is -1.85. The van der Waals surface area contributed by atoms with Crippen molar-refractivity contribution in [2.75, 3.05) is 7.11 Å². The van der Waals surface area contributed by atoms with E-state index >= 15 is 0 Å². The van der Waals surface area contributed by atoms with Crippen molar-refractivity contribution in [1.82, 2.24) is 9.78 Å². The molecule has 0 aliphatic carbocycles. The summed E-state index contributed by atoms with van der Waals surface area (Å²) >= 11 is 0. The zero-order chi connectivity index (χ0) is 10.9. The van der Waals surface area contributed by atoms with Crippen molar-refractivity contribution < 1.29 is 19.4 Å². The first kappa shape index (κ1) is 10.2. The maximum atomic E-state index is 11.2. The minimum Gasteiger partial charge on any atom is -0.481 e. The number of carboxylic acids is 1. The van der Waals surface area contributed by atoms with Crippen molar-refractivity contribution in [1.29, 1.82) is 0 Å². The van der Waals surface area contributed by atoms with Crippen LogP contribution in [0.3, 0.4) is 0 Å². The van der Waals surface area contributed by atoms with Crippen LogP contribution in [0.4, 0.5) is 0 Å². The molecule has 6 nitrogen and oxygen atoms in total. The van der Waals surface area contributed by atoms with Crippen LogP contribution in [-0.2, 0) is 11.8 Å². The lowest BCUT2D eigenvalue weighted by Crippen LogP contribution is -2.14. The van der Waals surface area contributed by atoms with Gasteiger partial charge < -0.3 is 9.84 Å². The molecule has 0 aliphatic heterocycles. The third-order valence-corrected chi connectivity index (χ3v) is 1.78. The second kappa shape index (κ2) is 3.49. The van der Waals surface area contributed by atoms with Crippen LogP contribution in [0.2, 0.25) is 0 Å². The Morgan fingerprint density at radius 3 is 2.50 bits per heavy atom. The zero-order valence-corrected chi connectivity index (χ0v) is 8.07. The molecule has 0 atom stereocenters. The summed E-state index contributed by atoms with van der Waals surface area (Å²) in [6.07, 6.45) is 0. The molecule has 0 radical (unpaired) electrons. The number of carbonyl (C=O) groups excluding carboxylic acids is 1. The quantitative estimate of drug-likeness (QED) is 0.546. The van der Waals surface area contributed by atoms with Gasteiger partial charge in [-0.3, -0.25) is 4.79 Å². The molecule has 0 fully saturated rings. The molecule has 1 aromatic heterocycles. The predicted octanol–water partition coefficient (Wildman–Crippen LogP) is 0.00442. The van der Waals surface area contributed by atoms with Gasteiger partial charge in [0.25, 0.3) is 5.78 Å². The summed E-state index contributed by atoms with van der Waals surface area (Å²) in [7, 11) is 2.93. The fourth-order valence-electron chi connectivity index (χ4n) is 1.24. The number of hydrogen-bond acceptors (Lipinski definition) is 4. The second-order valence-electron chi connectivity index (χ2n) is 2.73. The van der Waals surface area contributed by atoms with Crippen molar-refractivity contribution in [3.8, 4) is 5.88 Å². The maximum Gasteiger partial charge on any atom is 0.377 e. The molecular weight excluding hydrogens is 188 g/mol. The predicted molar refractivity (Wildman–Crippen MR) is 46.5 cm³/mol. The fraction of sp³-hybridized carbons (Fsp3) is 0.375. The number of aliphatic carboxylic acids is 1. The van der Waals surface area contributed by atoms with Crippen LogP contribution < -0.4 is 4.74 Å². The van der Waals surface area contributed by atoms with Crippen LogP contribution in [-0.4, -0.2) is 33.7 Å². The highest BCUT2D eigenvalue weighted by Crippen LogP contribution is 2.21. The normalized spacial score (nSPS) is 9.93. The van der Waals surface area contributed by atoms with E-state index in [4.69, 9.17) is 9.84 Å². The van der Waals surface area contributed by atoms with E-state index in [1.54, 1.807) is 14.0 Å². The summed E-state index contributed by atoms with van der Waals surface area (Å²) in [5.41, 5.74) is 0.347. The molecule has 0 aliphatic rings. The molecule has 1 aromatic rings. The molecule has 76 valence electrons. The lowest BCUT2D eigenvalue weighted by Gasteiger charge is -2.00. The summed E-state index contributed by atoms with van der Waals surface area (Å²) in [6, 6.07) is 0. The van der Waals surface area contributed by atoms with Crippen LogP contribution in [0.1, 0.15) is 16.1 Å². The Morgan fingerprint density at radius 1 is 1.50 bits per heavy atom. The van der Waals surface area contributed by atoms with E-state index in [2.05, 4.69) is 5.10 Å². The molecule has 1 rings (SSSR count). The van der Waals surface area contributed by atoms with Gasteiger partial charge in [0.15, 0.2) is 0 Å². The number of hydrogen-bond donors (Lipinski definition) is 1. The van der Waals surface area contributed by atoms with Gasteiger partial charge in [0.1, 0.15) is 5.56 Å². The topological polar surface area (TPSA) is 81.4 Å². The van der Waals surface area contributed by atoms with E-state index in [9.17, 15) is 9.59 Å². The first-order chi connectivity index (χ1) is 6.49. The van der Waals surface area contributed by atoms with Crippen molar-refractivity contribution in [3.63, 3.8) is 0 Å². The minimum atomic E-state index is -1.51. The van der Waals surface area contributed by atoms with Gasteiger partial charge in [-0.15, -0.1) is 0 Å². The first-order valence-electron chi connectivity index (χ1n) is 3.84. The molecule has 0 saturated carbocycles. The number of nitrogens with zero attached hydrogens (tertiary/aromatic N) is 2. The molecule has 0 saturated heterocycles. The van der Waals surface area contributed by atoms with Gasteiger partial charge in [0.2, 0.25) is 5.88 Å². The second-order valence-corrected chi connectivity index (χ2v) is 2.73. The van der Waals surface area contributed by atoms with Gasteiger partial charge in [0.05, 0.1) is 12.8 Å². The lowest BCUT2D eigenvalue weighted by molar-refractivity contribution is -0.131. The van der Waals surface area contributed by atoms with Crippen molar-refractivity contribution in [2.45, 2.75) is 6.92 Å². The summed E-state index contributed by atoms with van der Waals surface area (Å²) in [4.78, 5) is 21.7. The molecular formula is C8H10N2O4. The monoisotopic (exact) mass is 198 g/mol. The Balaban J connectivity index is 3.32. The van der Waals surface area contributed by atoms with Crippen molar-refractivity contribution in [3.05, 3.63) is 11.3 Å². The molecule has 0 spiro atoms. The molecule has 0 amide bonds. The van der Waals surface area contributed by atoms with Crippen LogP contribution in [0.15, 0.2) is 0 Å². The van der Waals surface area contributed by atoms with Crippen molar-refractivity contribution >= 4 is 11.8 Å². The highest BCUT2D eigenvalue weighted by Gasteiger charge is 2.25.